The van der Waals surface area contributed by atoms with Crippen molar-refractivity contribution in [3.8, 4) is 0 Å². The highest BCUT2D eigenvalue weighted by Crippen LogP contribution is 2.27. The summed E-state index contributed by atoms with van der Waals surface area (Å²) in [6, 6.07) is 7.75. The number of rotatable bonds is 4. The largest absolute Gasteiger partial charge is 0.334 e. The van der Waals surface area contributed by atoms with E-state index < -0.39 is 0 Å². The van der Waals surface area contributed by atoms with Crippen LogP contribution >= 0.6 is 0 Å². The summed E-state index contributed by atoms with van der Waals surface area (Å²) < 4.78 is 0. The van der Waals surface area contributed by atoms with Gasteiger partial charge in [-0.2, -0.15) is 5.10 Å². The maximum absolute atomic E-state index is 12.7. The highest BCUT2D eigenvalue weighted by atomic mass is 16.2. The van der Waals surface area contributed by atoms with Gasteiger partial charge in [0.15, 0.2) is 0 Å². The maximum atomic E-state index is 12.7. The third kappa shape index (κ3) is 5.07. The minimum absolute atomic E-state index is 0.0406. The Morgan fingerprint density at radius 2 is 1.77 bits per heavy atom. The van der Waals surface area contributed by atoms with E-state index in [4.69, 9.17) is 0 Å². The van der Waals surface area contributed by atoms with Crippen LogP contribution in [0.1, 0.15) is 80.1 Å². The summed E-state index contributed by atoms with van der Waals surface area (Å²) in [6.07, 6.45) is 5.68. The number of nitrogens with zero attached hydrogens (tertiary/aromatic N) is 2. The molecule has 2 aromatic rings. The van der Waals surface area contributed by atoms with Crippen molar-refractivity contribution in [2.75, 3.05) is 5.32 Å². The van der Waals surface area contributed by atoms with E-state index in [-0.39, 0.29) is 23.4 Å². The molecule has 166 valence electrons. The number of carbonyl (C=O) groups excluding carboxylic acids is 2. The van der Waals surface area contributed by atoms with Crippen LogP contribution in [0.2, 0.25) is 0 Å². The average Bonchev–Trinajstić information content (AvgIpc) is 3.29. The molecule has 4 rings (SSSR count). The summed E-state index contributed by atoms with van der Waals surface area (Å²) in [4.78, 5) is 25.0. The van der Waals surface area contributed by atoms with Gasteiger partial charge < -0.3 is 10.6 Å². The van der Waals surface area contributed by atoms with E-state index in [1.54, 1.807) is 0 Å². The van der Waals surface area contributed by atoms with Gasteiger partial charge in [0.25, 0.3) is 5.91 Å². The number of benzene rings is 1. The molecule has 31 heavy (non-hydrogen) atoms. The fourth-order valence-electron chi connectivity index (χ4n) is 4.23. The Bertz CT molecular complexity index is 938. The van der Waals surface area contributed by atoms with E-state index in [9.17, 15) is 9.59 Å². The minimum Gasteiger partial charge on any atom is -0.334 e. The molecule has 0 bridgehead atoms. The molecule has 1 fully saturated rings. The zero-order valence-corrected chi connectivity index (χ0v) is 18.5. The number of nitrogens with one attached hydrogen (secondary N) is 4. The van der Waals surface area contributed by atoms with Crippen molar-refractivity contribution in [2.24, 2.45) is 0 Å². The molecular formula is C23H32N6O2. The Morgan fingerprint density at radius 1 is 1.06 bits per heavy atom. The summed E-state index contributed by atoms with van der Waals surface area (Å²) in [5, 5.41) is 15.0. The number of amides is 3. The molecule has 2 heterocycles. The summed E-state index contributed by atoms with van der Waals surface area (Å²) >= 11 is 0. The Balaban J connectivity index is 1.33. The molecule has 8 nitrogen and oxygen atoms in total. The summed E-state index contributed by atoms with van der Waals surface area (Å²) in [5.41, 5.74) is 6.45. The van der Waals surface area contributed by atoms with Crippen molar-refractivity contribution in [1.29, 1.82) is 0 Å². The fourth-order valence-corrected chi connectivity index (χ4v) is 4.23. The number of hydrazine groups is 1. The Kier molecular flexibility index (Phi) is 6.00. The second-order valence-electron chi connectivity index (χ2n) is 9.58. The SMILES string of the molecule is CC(C)(C)c1ccc(C(=O)Nc2[nH]nc3c2CN(NC(=O)NC2CCCCC2)C3)cc1. The van der Waals surface area contributed by atoms with E-state index >= 15 is 0 Å². The molecule has 4 N–H and O–H groups in total. The normalized spacial score (nSPS) is 17.3. The lowest BCUT2D eigenvalue weighted by Crippen LogP contribution is -2.48. The average molecular weight is 425 g/mol. The predicted molar refractivity (Wildman–Crippen MR) is 119 cm³/mol. The van der Waals surface area contributed by atoms with Gasteiger partial charge in [-0.25, -0.2) is 9.80 Å². The van der Waals surface area contributed by atoms with Crippen LogP contribution in [0, 0.1) is 0 Å². The lowest BCUT2D eigenvalue weighted by atomic mass is 9.87. The summed E-state index contributed by atoms with van der Waals surface area (Å²) in [6.45, 7) is 7.42. The smallest absolute Gasteiger partial charge is 0.329 e. The first-order chi connectivity index (χ1) is 14.8. The third-order valence-electron chi connectivity index (χ3n) is 6.09. The number of hydrogen-bond acceptors (Lipinski definition) is 4. The van der Waals surface area contributed by atoms with Crippen LogP contribution in [0.15, 0.2) is 24.3 Å². The first-order valence-electron chi connectivity index (χ1n) is 11.1. The maximum Gasteiger partial charge on any atom is 0.329 e. The molecule has 8 heteroatoms. The van der Waals surface area contributed by atoms with Crippen molar-refractivity contribution >= 4 is 17.8 Å². The number of fused-ring (bicyclic) bond motifs is 1. The van der Waals surface area contributed by atoms with Crippen molar-refractivity contribution in [2.45, 2.75) is 77.4 Å². The number of urea groups is 1. The second kappa shape index (κ2) is 8.70. The van der Waals surface area contributed by atoms with Gasteiger partial charge in [-0.15, -0.1) is 0 Å². The highest BCUT2D eigenvalue weighted by Gasteiger charge is 2.28. The molecule has 0 radical (unpaired) electrons. The van der Waals surface area contributed by atoms with Crippen LogP contribution in [0.3, 0.4) is 0 Å². The monoisotopic (exact) mass is 424 g/mol. The van der Waals surface area contributed by atoms with E-state index in [2.05, 4.69) is 47.0 Å². The number of hydrogen-bond donors (Lipinski definition) is 4. The predicted octanol–water partition coefficient (Wildman–Crippen LogP) is 3.82. The van der Waals surface area contributed by atoms with E-state index in [1.165, 1.54) is 24.8 Å². The molecular weight excluding hydrogens is 392 g/mol. The molecule has 1 saturated carbocycles. The van der Waals surface area contributed by atoms with Crippen LogP contribution < -0.4 is 16.1 Å². The number of anilines is 1. The van der Waals surface area contributed by atoms with Crippen LogP contribution in [-0.2, 0) is 18.5 Å². The molecule has 1 aliphatic carbocycles. The first-order valence-corrected chi connectivity index (χ1v) is 11.1. The fraction of sp³-hybridized carbons (Fsp3) is 0.522. The Morgan fingerprint density at radius 3 is 2.45 bits per heavy atom. The summed E-state index contributed by atoms with van der Waals surface area (Å²) in [5.74, 6) is 0.394. The number of carbonyl (C=O) groups is 2. The number of H-pyrrole nitrogens is 1. The quantitative estimate of drug-likeness (QED) is 0.599. The Hall–Kier alpha value is -2.87. The van der Waals surface area contributed by atoms with Gasteiger partial charge in [-0.3, -0.25) is 15.3 Å². The van der Waals surface area contributed by atoms with Gasteiger partial charge in [0.05, 0.1) is 12.2 Å². The van der Waals surface area contributed by atoms with E-state index in [0.717, 1.165) is 24.1 Å². The zero-order chi connectivity index (χ0) is 22.0. The van der Waals surface area contributed by atoms with Crippen molar-refractivity contribution < 1.29 is 9.59 Å². The van der Waals surface area contributed by atoms with Gasteiger partial charge in [-0.1, -0.05) is 52.2 Å². The Labute approximate surface area is 183 Å². The molecule has 1 aliphatic heterocycles. The minimum atomic E-state index is -0.187. The molecule has 0 atom stereocenters. The lowest BCUT2D eigenvalue weighted by molar-refractivity contribution is 0.102. The van der Waals surface area contributed by atoms with Crippen LogP contribution in [0.4, 0.5) is 10.6 Å². The summed E-state index contributed by atoms with van der Waals surface area (Å²) in [7, 11) is 0. The first kappa shape index (κ1) is 21.4. The zero-order valence-electron chi connectivity index (χ0n) is 18.5. The van der Waals surface area contributed by atoms with Gasteiger partial charge in [0, 0.05) is 23.7 Å². The van der Waals surface area contributed by atoms with E-state index in [1.807, 2.05) is 29.3 Å². The standard InChI is InChI=1S/C23H32N6O2/c1-23(2,3)16-11-9-15(10-12-16)21(30)25-20-18-13-29(14-19(18)26-27-20)28-22(31)24-17-7-5-4-6-8-17/h9-12,17H,4-8,13-14H2,1-3H3,(H2,24,28,31)(H2,25,26,27,30). The van der Waals surface area contributed by atoms with Crippen molar-refractivity contribution in [1.82, 2.24) is 25.9 Å². The van der Waals surface area contributed by atoms with Crippen molar-refractivity contribution in [3.05, 3.63) is 46.6 Å². The highest BCUT2D eigenvalue weighted by molar-refractivity contribution is 6.04. The second-order valence-corrected chi connectivity index (χ2v) is 9.58. The van der Waals surface area contributed by atoms with Gasteiger partial charge in [0.1, 0.15) is 5.82 Å². The van der Waals surface area contributed by atoms with Crippen LogP contribution in [-0.4, -0.2) is 33.2 Å². The molecule has 0 spiro atoms. The molecule has 1 aromatic heterocycles. The topological polar surface area (TPSA) is 102 Å². The lowest BCUT2D eigenvalue weighted by Gasteiger charge is -2.24. The number of aromatic nitrogens is 2. The van der Waals surface area contributed by atoms with Gasteiger partial charge >= 0.3 is 6.03 Å². The van der Waals surface area contributed by atoms with Gasteiger partial charge in [0.2, 0.25) is 0 Å². The van der Waals surface area contributed by atoms with Crippen molar-refractivity contribution in [3.63, 3.8) is 0 Å². The number of aromatic amines is 1. The molecule has 2 aliphatic rings. The molecule has 0 unspecified atom stereocenters. The van der Waals surface area contributed by atoms with Gasteiger partial charge in [-0.05, 0) is 36.0 Å². The van der Waals surface area contributed by atoms with E-state index in [0.29, 0.717) is 24.5 Å². The molecule has 3 amide bonds. The van der Waals surface area contributed by atoms with Crippen LogP contribution in [0.25, 0.3) is 0 Å². The van der Waals surface area contributed by atoms with Crippen LogP contribution in [0.5, 0.6) is 0 Å². The third-order valence-corrected chi connectivity index (χ3v) is 6.09. The molecule has 0 saturated heterocycles. The molecule has 1 aromatic carbocycles.